The molecule has 146 valence electrons. The summed E-state index contributed by atoms with van der Waals surface area (Å²) in [7, 11) is 0. The molecule has 5 heteroatoms. The molecule has 2 fully saturated rings. The first-order valence-electron chi connectivity index (χ1n) is 10.1. The molecule has 2 rings (SSSR count). The highest BCUT2D eigenvalue weighted by molar-refractivity contribution is 5.67. The fourth-order valence-corrected chi connectivity index (χ4v) is 4.24. The Balaban J connectivity index is 1.82. The maximum atomic E-state index is 11.9. The summed E-state index contributed by atoms with van der Waals surface area (Å²) in [6, 6.07) is 1.02. The normalized spacial score (nSPS) is 29.4. The van der Waals surface area contributed by atoms with Crippen LogP contribution in [0.3, 0.4) is 0 Å². The maximum absolute atomic E-state index is 11.9. The van der Waals surface area contributed by atoms with Gasteiger partial charge in [-0.15, -0.1) is 0 Å². The van der Waals surface area contributed by atoms with Gasteiger partial charge in [-0.2, -0.15) is 0 Å². The second-order valence-electron chi connectivity index (χ2n) is 8.78. The molecule has 0 aromatic carbocycles. The van der Waals surface area contributed by atoms with E-state index in [2.05, 4.69) is 24.5 Å². The van der Waals surface area contributed by atoms with Crippen LogP contribution in [0.1, 0.15) is 79.6 Å². The van der Waals surface area contributed by atoms with E-state index in [0.717, 1.165) is 32.3 Å². The lowest BCUT2D eigenvalue weighted by Gasteiger charge is -2.41. The van der Waals surface area contributed by atoms with Gasteiger partial charge in [0, 0.05) is 25.2 Å². The van der Waals surface area contributed by atoms with Gasteiger partial charge in [0.15, 0.2) is 0 Å². The molecule has 2 aliphatic rings. The summed E-state index contributed by atoms with van der Waals surface area (Å²) < 4.78 is 11.4. The van der Waals surface area contributed by atoms with Crippen molar-refractivity contribution in [2.45, 2.75) is 103 Å². The number of amides is 1. The third-order valence-electron chi connectivity index (χ3n) is 5.80. The van der Waals surface area contributed by atoms with Gasteiger partial charge in [-0.3, -0.25) is 0 Å². The molecule has 0 aromatic heterocycles. The fourth-order valence-electron chi connectivity index (χ4n) is 4.24. The van der Waals surface area contributed by atoms with Crippen molar-refractivity contribution in [2.24, 2.45) is 5.92 Å². The second kappa shape index (κ2) is 8.72. The molecular formula is C20H38N2O3. The minimum atomic E-state index is -0.441. The lowest BCUT2D eigenvalue weighted by atomic mass is 9.85. The van der Waals surface area contributed by atoms with Gasteiger partial charge in [0.1, 0.15) is 5.60 Å². The Hall–Kier alpha value is -0.810. The van der Waals surface area contributed by atoms with Gasteiger partial charge in [-0.1, -0.05) is 20.3 Å². The first-order chi connectivity index (χ1) is 11.8. The predicted molar refractivity (Wildman–Crippen MR) is 101 cm³/mol. The zero-order valence-electron chi connectivity index (χ0n) is 16.8. The van der Waals surface area contributed by atoms with E-state index in [1.54, 1.807) is 0 Å². The highest BCUT2D eigenvalue weighted by Crippen LogP contribution is 2.33. The molecule has 1 saturated carbocycles. The average Bonchev–Trinajstić information content (AvgIpc) is 2.98. The van der Waals surface area contributed by atoms with Crippen LogP contribution in [0, 0.1) is 5.92 Å². The number of hydrogen-bond donors (Lipinski definition) is 2. The van der Waals surface area contributed by atoms with E-state index in [-0.39, 0.29) is 11.7 Å². The molecule has 3 atom stereocenters. The van der Waals surface area contributed by atoms with Crippen molar-refractivity contribution in [3.63, 3.8) is 0 Å². The standard InChI is InChI=1S/C20H38N2O3/c1-6-20(7-2)13-16(11-12-24-20)22-17-10-8-9-15(17)14-21-18(23)25-19(3,4)5/h15-17,22H,6-14H2,1-5H3,(H,21,23). The van der Waals surface area contributed by atoms with E-state index < -0.39 is 5.60 Å². The molecular weight excluding hydrogens is 316 g/mol. The highest BCUT2D eigenvalue weighted by atomic mass is 16.6. The van der Waals surface area contributed by atoms with Crippen molar-refractivity contribution in [1.29, 1.82) is 0 Å². The van der Waals surface area contributed by atoms with Crippen LogP contribution in [0.4, 0.5) is 4.79 Å². The quantitative estimate of drug-likeness (QED) is 0.757. The lowest BCUT2D eigenvalue weighted by Crippen LogP contribution is -2.51. The van der Waals surface area contributed by atoms with Crippen LogP contribution >= 0.6 is 0 Å². The summed E-state index contributed by atoms with van der Waals surface area (Å²) in [4.78, 5) is 11.9. The smallest absolute Gasteiger partial charge is 0.407 e. The topological polar surface area (TPSA) is 59.6 Å². The van der Waals surface area contributed by atoms with Crippen molar-refractivity contribution in [1.82, 2.24) is 10.6 Å². The van der Waals surface area contributed by atoms with Gasteiger partial charge in [0.05, 0.1) is 5.60 Å². The van der Waals surface area contributed by atoms with Crippen molar-refractivity contribution in [3.8, 4) is 0 Å². The summed E-state index contributed by atoms with van der Waals surface area (Å²) in [5.41, 5.74) is -0.387. The molecule has 5 nitrogen and oxygen atoms in total. The highest BCUT2D eigenvalue weighted by Gasteiger charge is 2.37. The Kier molecular flexibility index (Phi) is 7.15. The van der Waals surface area contributed by atoms with E-state index in [4.69, 9.17) is 9.47 Å². The number of ether oxygens (including phenoxy) is 2. The molecule has 1 aliphatic heterocycles. The molecule has 1 amide bonds. The fraction of sp³-hybridized carbons (Fsp3) is 0.950. The molecule has 1 saturated heterocycles. The van der Waals surface area contributed by atoms with Crippen LogP contribution in [-0.4, -0.2) is 42.5 Å². The van der Waals surface area contributed by atoms with E-state index >= 15 is 0 Å². The van der Waals surface area contributed by atoms with E-state index in [0.29, 0.717) is 24.5 Å². The summed E-state index contributed by atoms with van der Waals surface area (Å²) in [6.07, 6.45) is 7.64. The molecule has 2 N–H and O–H groups in total. The number of rotatable bonds is 6. The van der Waals surface area contributed by atoms with Gasteiger partial charge < -0.3 is 20.1 Å². The molecule has 0 radical (unpaired) electrons. The molecule has 0 spiro atoms. The van der Waals surface area contributed by atoms with Crippen LogP contribution < -0.4 is 10.6 Å². The molecule has 25 heavy (non-hydrogen) atoms. The third kappa shape index (κ3) is 6.14. The van der Waals surface area contributed by atoms with Crippen molar-refractivity contribution in [3.05, 3.63) is 0 Å². The average molecular weight is 355 g/mol. The summed E-state index contributed by atoms with van der Waals surface area (Å²) in [6.45, 7) is 11.7. The zero-order valence-corrected chi connectivity index (χ0v) is 16.8. The number of carbonyl (C=O) groups is 1. The minimum absolute atomic E-state index is 0.0543. The predicted octanol–water partition coefficient (Wildman–Crippen LogP) is 4.01. The lowest BCUT2D eigenvalue weighted by molar-refractivity contribution is -0.0944. The summed E-state index contributed by atoms with van der Waals surface area (Å²) in [5, 5.41) is 6.85. The van der Waals surface area contributed by atoms with Gasteiger partial charge in [0.2, 0.25) is 0 Å². The van der Waals surface area contributed by atoms with E-state index in [1.807, 2.05) is 20.8 Å². The number of hydrogen-bond acceptors (Lipinski definition) is 4. The van der Waals surface area contributed by atoms with Crippen LogP contribution in [-0.2, 0) is 9.47 Å². The third-order valence-corrected chi connectivity index (χ3v) is 5.80. The molecule has 0 aromatic rings. The molecule has 1 aliphatic carbocycles. The molecule has 0 bridgehead atoms. The van der Waals surface area contributed by atoms with Crippen LogP contribution in [0.25, 0.3) is 0 Å². The van der Waals surface area contributed by atoms with Gasteiger partial charge in [-0.25, -0.2) is 4.79 Å². The van der Waals surface area contributed by atoms with E-state index in [1.165, 1.54) is 19.3 Å². The number of carbonyl (C=O) groups excluding carboxylic acids is 1. The Morgan fingerprint density at radius 3 is 2.56 bits per heavy atom. The molecule has 1 heterocycles. The summed E-state index contributed by atoms with van der Waals surface area (Å²) in [5.74, 6) is 0.494. The Morgan fingerprint density at radius 1 is 1.20 bits per heavy atom. The van der Waals surface area contributed by atoms with Gasteiger partial charge in [-0.05, 0) is 65.2 Å². The Bertz CT molecular complexity index is 429. The maximum Gasteiger partial charge on any atom is 0.407 e. The van der Waals surface area contributed by atoms with Gasteiger partial charge in [0.25, 0.3) is 0 Å². The van der Waals surface area contributed by atoms with Crippen molar-refractivity contribution >= 4 is 6.09 Å². The van der Waals surface area contributed by atoms with Crippen LogP contribution in [0.5, 0.6) is 0 Å². The second-order valence-corrected chi connectivity index (χ2v) is 8.78. The van der Waals surface area contributed by atoms with Crippen molar-refractivity contribution < 1.29 is 14.3 Å². The number of nitrogens with one attached hydrogen (secondary N) is 2. The number of alkyl carbamates (subject to hydrolysis) is 1. The van der Waals surface area contributed by atoms with Crippen LogP contribution in [0.2, 0.25) is 0 Å². The van der Waals surface area contributed by atoms with Crippen LogP contribution in [0.15, 0.2) is 0 Å². The summed E-state index contributed by atoms with van der Waals surface area (Å²) >= 11 is 0. The monoisotopic (exact) mass is 354 g/mol. The van der Waals surface area contributed by atoms with E-state index in [9.17, 15) is 4.79 Å². The minimum Gasteiger partial charge on any atom is -0.444 e. The SMILES string of the molecule is CCC1(CC)CC(NC2CCCC2CNC(=O)OC(C)(C)C)CCO1. The van der Waals surface area contributed by atoms with Crippen molar-refractivity contribution in [2.75, 3.05) is 13.2 Å². The first-order valence-corrected chi connectivity index (χ1v) is 10.1. The Labute approximate surface area is 153 Å². The van der Waals surface area contributed by atoms with Gasteiger partial charge >= 0.3 is 6.09 Å². The zero-order chi connectivity index (χ0) is 18.5. The Morgan fingerprint density at radius 2 is 1.92 bits per heavy atom. The first kappa shape index (κ1) is 20.5. The largest absolute Gasteiger partial charge is 0.444 e. The molecule has 3 unspecified atom stereocenters.